The Kier molecular flexibility index (Phi) is 5.35. The third-order valence-electron chi connectivity index (χ3n) is 3.60. The number of β-amino-alcohol motifs (C(OH)–C–C–N with tert-alkyl or cyclic N) is 1. The molecule has 2 heterocycles. The molecule has 2 atom stereocenters. The predicted molar refractivity (Wildman–Crippen MR) is 85.7 cm³/mol. The summed E-state index contributed by atoms with van der Waals surface area (Å²) < 4.78 is 1.25. The van der Waals surface area contributed by atoms with E-state index in [0.29, 0.717) is 5.92 Å². The topological polar surface area (TPSA) is 57.2 Å². The number of nitrogens with one attached hydrogen (secondary N) is 2. The van der Waals surface area contributed by atoms with Gasteiger partial charge in [0.25, 0.3) is 0 Å². The number of aliphatic hydroxyl groups is 1. The quantitative estimate of drug-likeness (QED) is 0.804. The highest BCUT2D eigenvalue weighted by atomic mass is 35.5. The lowest BCUT2D eigenvalue weighted by Gasteiger charge is -2.14. The number of aromatic nitrogens is 1. The number of nitrogens with zero attached hydrogens (tertiary/aromatic N) is 1. The molecule has 20 heavy (non-hydrogen) atoms. The summed E-state index contributed by atoms with van der Waals surface area (Å²) >= 11 is 1.74. The Morgan fingerprint density at radius 1 is 1.45 bits per heavy atom. The minimum absolute atomic E-state index is 0. The molecule has 0 spiro atoms. The van der Waals surface area contributed by atoms with Crippen LogP contribution in [-0.2, 0) is 6.54 Å². The predicted octanol–water partition coefficient (Wildman–Crippen LogP) is 1.70. The van der Waals surface area contributed by atoms with Crippen molar-refractivity contribution in [3.05, 3.63) is 28.8 Å². The fourth-order valence-electron chi connectivity index (χ4n) is 2.52. The molecule has 0 amide bonds. The molecule has 1 aliphatic heterocycles. The van der Waals surface area contributed by atoms with Gasteiger partial charge in [-0.2, -0.15) is 0 Å². The minimum Gasteiger partial charge on any atom is -0.391 e. The van der Waals surface area contributed by atoms with Crippen LogP contribution in [0.3, 0.4) is 0 Å². The van der Waals surface area contributed by atoms with Gasteiger partial charge in [-0.3, -0.25) is 0 Å². The van der Waals surface area contributed by atoms with Crippen LogP contribution >= 0.6 is 23.7 Å². The van der Waals surface area contributed by atoms with Crippen LogP contribution in [0.25, 0.3) is 10.2 Å². The van der Waals surface area contributed by atoms with Crippen molar-refractivity contribution >= 4 is 34.0 Å². The van der Waals surface area contributed by atoms with E-state index < -0.39 is 0 Å². The van der Waals surface area contributed by atoms with Crippen LogP contribution in [0.1, 0.15) is 10.6 Å². The standard InChI is InChI=1S/C14H19N3OS.ClH/c1-9-17-12-3-2-10(4-14(12)19-9)5-15-6-11-7-16-8-13(11)18;/h2-4,11,13,15-16,18H,5-8H2,1H3;1H. The molecule has 0 aliphatic carbocycles. The van der Waals surface area contributed by atoms with Crippen molar-refractivity contribution in [1.29, 1.82) is 0 Å². The number of benzene rings is 1. The molecule has 1 aromatic carbocycles. The van der Waals surface area contributed by atoms with Crippen LogP contribution in [0.2, 0.25) is 0 Å². The van der Waals surface area contributed by atoms with Crippen molar-refractivity contribution in [1.82, 2.24) is 15.6 Å². The van der Waals surface area contributed by atoms with Crippen LogP contribution in [0, 0.1) is 12.8 Å². The number of aliphatic hydroxyl groups excluding tert-OH is 1. The van der Waals surface area contributed by atoms with Gasteiger partial charge in [0.15, 0.2) is 0 Å². The fraction of sp³-hybridized carbons (Fsp3) is 0.500. The molecule has 3 rings (SSSR count). The van der Waals surface area contributed by atoms with Crippen LogP contribution in [-0.4, -0.2) is 35.8 Å². The zero-order chi connectivity index (χ0) is 13.2. The third-order valence-corrected chi connectivity index (χ3v) is 4.53. The summed E-state index contributed by atoms with van der Waals surface area (Å²) in [5, 5.41) is 17.5. The molecule has 0 radical (unpaired) electrons. The number of halogens is 1. The first-order valence-corrected chi connectivity index (χ1v) is 7.49. The van der Waals surface area contributed by atoms with Gasteiger partial charge in [0, 0.05) is 32.1 Å². The molecule has 4 nitrogen and oxygen atoms in total. The second-order valence-corrected chi connectivity index (χ2v) is 6.39. The summed E-state index contributed by atoms with van der Waals surface area (Å²) in [6.07, 6.45) is -0.209. The summed E-state index contributed by atoms with van der Waals surface area (Å²) in [6.45, 7) is 5.36. The summed E-state index contributed by atoms with van der Waals surface area (Å²) in [5.74, 6) is 0.328. The first-order chi connectivity index (χ1) is 9.22. The van der Waals surface area contributed by atoms with Crippen molar-refractivity contribution in [3.63, 3.8) is 0 Å². The zero-order valence-electron chi connectivity index (χ0n) is 11.4. The van der Waals surface area contributed by atoms with Gasteiger partial charge < -0.3 is 15.7 Å². The van der Waals surface area contributed by atoms with Crippen molar-refractivity contribution < 1.29 is 5.11 Å². The van der Waals surface area contributed by atoms with E-state index in [0.717, 1.165) is 36.7 Å². The molecular formula is C14H20ClN3OS. The van der Waals surface area contributed by atoms with Gasteiger partial charge in [-0.1, -0.05) is 6.07 Å². The number of hydrogen-bond acceptors (Lipinski definition) is 5. The average Bonchev–Trinajstić information content (AvgIpc) is 2.94. The maximum Gasteiger partial charge on any atom is 0.0907 e. The minimum atomic E-state index is -0.209. The van der Waals surface area contributed by atoms with Gasteiger partial charge >= 0.3 is 0 Å². The molecule has 1 aromatic heterocycles. The molecule has 0 saturated carbocycles. The highest BCUT2D eigenvalue weighted by Gasteiger charge is 2.23. The Hall–Kier alpha value is -0.720. The van der Waals surface area contributed by atoms with Crippen molar-refractivity contribution in [3.8, 4) is 0 Å². The summed E-state index contributed by atoms with van der Waals surface area (Å²) in [5.41, 5.74) is 2.36. The Balaban J connectivity index is 0.00000147. The van der Waals surface area contributed by atoms with E-state index in [1.165, 1.54) is 10.3 Å². The Morgan fingerprint density at radius 2 is 2.30 bits per heavy atom. The van der Waals surface area contributed by atoms with Gasteiger partial charge in [0.2, 0.25) is 0 Å². The lowest BCUT2D eigenvalue weighted by Crippen LogP contribution is -2.30. The first kappa shape index (κ1) is 15.7. The van der Waals surface area contributed by atoms with Gasteiger partial charge in [-0.25, -0.2) is 4.98 Å². The molecule has 110 valence electrons. The van der Waals surface area contributed by atoms with E-state index in [-0.39, 0.29) is 18.5 Å². The van der Waals surface area contributed by atoms with E-state index in [1.54, 1.807) is 11.3 Å². The van der Waals surface area contributed by atoms with E-state index in [4.69, 9.17) is 0 Å². The highest BCUT2D eigenvalue weighted by Crippen LogP contribution is 2.22. The molecule has 1 fully saturated rings. The zero-order valence-corrected chi connectivity index (χ0v) is 13.1. The summed E-state index contributed by atoms with van der Waals surface area (Å²) in [6, 6.07) is 6.41. The van der Waals surface area contributed by atoms with Gasteiger partial charge in [-0.05, 0) is 24.6 Å². The Morgan fingerprint density at radius 3 is 3.05 bits per heavy atom. The van der Waals surface area contributed by atoms with E-state index in [9.17, 15) is 5.11 Å². The van der Waals surface area contributed by atoms with Gasteiger partial charge in [0.1, 0.15) is 0 Å². The first-order valence-electron chi connectivity index (χ1n) is 6.68. The highest BCUT2D eigenvalue weighted by molar-refractivity contribution is 7.18. The molecule has 1 aliphatic rings. The molecular weight excluding hydrogens is 294 g/mol. The van der Waals surface area contributed by atoms with Crippen LogP contribution in [0.4, 0.5) is 0 Å². The monoisotopic (exact) mass is 313 g/mol. The third kappa shape index (κ3) is 3.48. The average molecular weight is 314 g/mol. The number of hydrogen-bond donors (Lipinski definition) is 3. The normalized spacial score (nSPS) is 22.1. The lowest BCUT2D eigenvalue weighted by molar-refractivity contribution is 0.146. The van der Waals surface area contributed by atoms with Crippen molar-refractivity contribution in [2.24, 2.45) is 5.92 Å². The number of rotatable bonds is 4. The Bertz CT molecular complexity index is 575. The SMILES string of the molecule is Cc1nc2ccc(CNCC3CNCC3O)cc2s1.Cl. The molecule has 1 saturated heterocycles. The molecule has 3 N–H and O–H groups in total. The molecule has 2 aromatic rings. The lowest BCUT2D eigenvalue weighted by atomic mass is 10.1. The Labute approximate surface area is 129 Å². The van der Waals surface area contributed by atoms with Crippen LogP contribution < -0.4 is 10.6 Å². The fourth-order valence-corrected chi connectivity index (χ4v) is 3.41. The number of fused-ring (bicyclic) bond motifs is 1. The second kappa shape index (κ2) is 6.83. The molecule has 2 unspecified atom stereocenters. The van der Waals surface area contributed by atoms with E-state index >= 15 is 0 Å². The smallest absolute Gasteiger partial charge is 0.0907 e. The maximum atomic E-state index is 9.72. The van der Waals surface area contributed by atoms with E-state index in [2.05, 4.69) is 33.8 Å². The van der Waals surface area contributed by atoms with E-state index in [1.807, 2.05) is 6.92 Å². The van der Waals surface area contributed by atoms with Crippen LogP contribution in [0.15, 0.2) is 18.2 Å². The van der Waals surface area contributed by atoms with Gasteiger partial charge in [0.05, 0.1) is 21.3 Å². The van der Waals surface area contributed by atoms with Crippen molar-refractivity contribution in [2.75, 3.05) is 19.6 Å². The van der Waals surface area contributed by atoms with Crippen LogP contribution in [0.5, 0.6) is 0 Å². The molecule has 6 heteroatoms. The summed E-state index contributed by atoms with van der Waals surface area (Å²) in [4.78, 5) is 4.46. The number of aryl methyl sites for hydroxylation is 1. The largest absolute Gasteiger partial charge is 0.391 e. The molecule has 0 bridgehead atoms. The second-order valence-electron chi connectivity index (χ2n) is 5.15. The van der Waals surface area contributed by atoms with Crippen molar-refractivity contribution in [2.45, 2.75) is 19.6 Å². The van der Waals surface area contributed by atoms with Gasteiger partial charge in [-0.15, -0.1) is 23.7 Å². The number of thiazole rings is 1. The summed E-state index contributed by atoms with van der Waals surface area (Å²) in [7, 11) is 0. The maximum absolute atomic E-state index is 9.72.